The van der Waals surface area contributed by atoms with Gasteiger partial charge in [0.1, 0.15) is 18.2 Å². The summed E-state index contributed by atoms with van der Waals surface area (Å²) in [5.41, 5.74) is 7.07. The van der Waals surface area contributed by atoms with Gasteiger partial charge in [0.2, 0.25) is 12.0 Å². The second-order valence-corrected chi connectivity index (χ2v) is 10.1. The van der Waals surface area contributed by atoms with E-state index in [0.717, 1.165) is 25.0 Å². The van der Waals surface area contributed by atoms with Crippen molar-refractivity contribution in [3.05, 3.63) is 24.2 Å². The lowest BCUT2D eigenvalue weighted by molar-refractivity contribution is -0.165. The number of imidazole rings is 1. The first kappa shape index (κ1) is 22.9. The molecule has 2 aliphatic heterocycles. The number of nitrogen functional groups attached to an aromatic ring is 1. The summed E-state index contributed by atoms with van der Waals surface area (Å²) >= 11 is 0. The molecule has 2 atom stereocenters. The highest BCUT2D eigenvalue weighted by atomic mass is 16.8. The minimum atomic E-state index is -0.779. The van der Waals surface area contributed by atoms with E-state index in [9.17, 15) is 4.79 Å². The van der Waals surface area contributed by atoms with Crippen LogP contribution in [0.3, 0.4) is 0 Å². The summed E-state index contributed by atoms with van der Waals surface area (Å²) in [6.07, 6.45) is 5.05. The summed E-state index contributed by atoms with van der Waals surface area (Å²) in [6, 6.07) is 0.668. The number of carboxylic acid groups (broad SMARTS) is 1. The van der Waals surface area contributed by atoms with Crippen LogP contribution < -0.4 is 5.73 Å². The minimum Gasteiger partial charge on any atom is -0.481 e. The van der Waals surface area contributed by atoms with E-state index in [1.807, 2.05) is 18.4 Å². The van der Waals surface area contributed by atoms with Crippen LogP contribution >= 0.6 is 0 Å². The highest BCUT2D eigenvalue weighted by molar-refractivity contribution is 5.81. The highest BCUT2D eigenvalue weighted by Gasteiger charge is 2.52. The molecule has 0 radical (unpaired) electrons. The summed E-state index contributed by atoms with van der Waals surface area (Å²) in [5, 5.41) is 8.97. The van der Waals surface area contributed by atoms with Crippen molar-refractivity contribution < 1.29 is 24.1 Å². The maximum Gasteiger partial charge on any atom is 0.303 e. The van der Waals surface area contributed by atoms with Crippen LogP contribution in [0.4, 0.5) is 5.82 Å². The quantitative estimate of drug-likeness (QED) is 0.589. The fraction of sp³-hybridized carbons (Fsp3) is 0.652. The van der Waals surface area contributed by atoms with Crippen molar-refractivity contribution in [3.63, 3.8) is 0 Å². The number of ether oxygens (including phenoxy) is 3. The third-order valence-electron chi connectivity index (χ3n) is 6.92. The molecule has 1 saturated carbocycles. The molecule has 1 saturated heterocycles. The summed E-state index contributed by atoms with van der Waals surface area (Å²) in [5.74, 6) is 0.703. The average Bonchev–Trinajstić information content (AvgIpc) is 3.37. The van der Waals surface area contributed by atoms with Crippen LogP contribution in [-0.4, -0.2) is 66.0 Å². The molecule has 11 nitrogen and oxygen atoms in total. The Balaban J connectivity index is 1.37. The Morgan fingerprint density at radius 2 is 2.09 bits per heavy atom. The summed E-state index contributed by atoms with van der Waals surface area (Å²) in [6.45, 7) is 8.69. The highest BCUT2D eigenvalue weighted by Crippen LogP contribution is 2.46. The number of nitrogens with two attached hydrogens (primary N) is 1. The molecular formula is C23H32N6O5. The molecule has 1 aliphatic carbocycles. The van der Waals surface area contributed by atoms with Gasteiger partial charge in [-0.05, 0) is 39.0 Å². The van der Waals surface area contributed by atoms with Crippen molar-refractivity contribution in [2.75, 3.05) is 12.3 Å². The zero-order valence-electron chi connectivity index (χ0n) is 20.0. The number of aliphatic carboxylic acids is 1. The van der Waals surface area contributed by atoms with Crippen molar-refractivity contribution in [3.8, 4) is 0 Å². The predicted octanol–water partition coefficient (Wildman–Crippen LogP) is 2.65. The van der Waals surface area contributed by atoms with Gasteiger partial charge in [-0.25, -0.2) is 15.0 Å². The number of carboxylic acids is 1. The van der Waals surface area contributed by atoms with Crippen LogP contribution in [-0.2, 0) is 19.0 Å². The molecule has 11 heteroatoms. The standard InChI is InChI=1S/C23H32N6O5/c1-12(2)28(14-7-13(8-14)5-6-16(30)31)9-15-18-19(34-23(3,4)33-18)22(32-15)29-11-27-17-20(24)25-10-26-21(17)29/h10-14,19,22H,5-9H2,1-4H3,(H,30,31)(H2,24,25,26)/t13?,14?,19-,22?/m1/s1. The largest absolute Gasteiger partial charge is 0.481 e. The van der Waals surface area contributed by atoms with Crippen molar-refractivity contribution in [2.45, 2.75) is 83.6 Å². The Bertz CT molecular complexity index is 1120. The summed E-state index contributed by atoms with van der Waals surface area (Å²) in [7, 11) is 0. The SMILES string of the molecule is CC(C)N(CC1=C2OC(C)(C)O[C@H]2C(n2cnc3c(N)ncnc32)O1)C1CC(CCC(=O)O)C1. The summed E-state index contributed by atoms with van der Waals surface area (Å²) < 4.78 is 20.7. The Labute approximate surface area is 197 Å². The molecule has 2 aromatic rings. The first-order valence-electron chi connectivity index (χ1n) is 11.8. The zero-order chi connectivity index (χ0) is 24.2. The molecule has 2 aromatic heterocycles. The third kappa shape index (κ3) is 4.07. The van der Waals surface area contributed by atoms with E-state index in [0.29, 0.717) is 41.2 Å². The minimum absolute atomic E-state index is 0.230. The Morgan fingerprint density at radius 1 is 1.32 bits per heavy atom. The normalized spacial score (nSPS) is 27.7. The lowest BCUT2D eigenvalue weighted by Crippen LogP contribution is -2.49. The number of hydrogen-bond acceptors (Lipinski definition) is 9. The molecule has 34 heavy (non-hydrogen) atoms. The molecule has 2 fully saturated rings. The van der Waals surface area contributed by atoms with Crippen molar-refractivity contribution in [1.29, 1.82) is 0 Å². The number of rotatable bonds is 8. The van der Waals surface area contributed by atoms with Gasteiger partial charge in [0, 0.05) is 32.4 Å². The molecule has 4 heterocycles. The van der Waals surface area contributed by atoms with E-state index >= 15 is 0 Å². The average molecular weight is 473 g/mol. The molecule has 1 unspecified atom stereocenters. The number of carbonyl (C=O) groups is 1. The van der Waals surface area contributed by atoms with Gasteiger partial charge in [-0.1, -0.05) is 0 Å². The molecule has 184 valence electrons. The fourth-order valence-corrected chi connectivity index (χ4v) is 5.18. The molecule has 0 spiro atoms. The molecule has 5 rings (SSSR count). The maximum atomic E-state index is 10.9. The third-order valence-corrected chi connectivity index (χ3v) is 6.92. The number of fused-ring (bicyclic) bond motifs is 2. The van der Waals surface area contributed by atoms with E-state index in [1.165, 1.54) is 6.33 Å². The van der Waals surface area contributed by atoms with Crippen LogP contribution in [0.5, 0.6) is 0 Å². The van der Waals surface area contributed by atoms with Gasteiger partial charge in [0.15, 0.2) is 29.1 Å². The van der Waals surface area contributed by atoms with Gasteiger partial charge in [0.25, 0.3) is 0 Å². The monoisotopic (exact) mass is 472 g/mol. The Hall–Kier alpha value is -2.92. The topological polar surface area (TPSA) is 138 Å². The summed E-state index contributed by atoms with van der Waals surface area (Å²) in [4.78, 5) is 26.1. The van der Waals surface area contributed by atoms with E-state index in [-0.39, 0.29) is 12.5 Å². The van der Waals surface area contributed by atoms with Crippen LogP contribution in [0.25, 0.3) is 11.2 Å². The zero-order valence-corrected chi connectivity index (χ0v) is 20.0. The number of nitrogens with zero attached hydrogens (tertiary/aromatic N) is 5. The van der Waals surface area contributed by atoms with Crippen molar-refractivity contribution in [2.24, 2.45) is 5.92 Å². The predicted molar refractivity (Wildman–Crippen MR) is 122 cm³/mol. The number of anilines is 1. The molecular weight excluding hydrogens is 440 g/mol. The van der Waals surface area contributed by atoms with Crippen LogP contribution in [0.15, 0.2) is 24.2 Å². The van der Waals surface area contributed by atoms with Gasteiger partial charge >= 0.3 is 5.97 Å². The van der Waals surface area contributed by atoms with Crippen LogP contribution in [0.1, 0.15) is 59.6 Å². The second-order valence-electron chi connectivity index (χ2n) is 10.1. The Kier molecular flexibility index (Phi) is 5.64. The van der Waals surface area contributed by atoms with E-state index in [4.69, 9.17) is 25.1 Å². The van der Waals surface area contributed by atoms with Gasteiger partial charge in [-0.15, -0.1) is 0 Å². The van der Waals surface area contributed by atoms with Crippen molar-refractivity contribution in [1.82, 2.24) is 24.4 Å². The van der Waals surface area contributed by atoms with Gasteiger partial charge in [0.05, 0.1) is 6.54 Å². The van der Waals surface area contributed by atoms with Gasteiger partial charge in [-0.3, -0.25) is 14.3 Å². The maximum absolute atomic E-state index is 10.9. The Morgan fingerprint density at radius 3 is 2.79 bits per heavy atom. The van der Waals surface area contributed by atoms with E-state index in [1.54, 1.807) is 6.33 Å². The first-order valence-corrected chi connectivity index (χ1v) is 11.8. The molecule has 0 bridgehead atoms. The van der Waals surface area contributed by atoms with Crippen LogP contribution in [0, 0.1) is 5.92 Å². The smallest absolute Gasteiger partial charge is 0.303 e. The van der Waals surface area contributed by atoms with Crippen LogP contribution in [0.2, 0.25) is 0 Å². The lowest BCUT2D eigenvalue weighted by Gasteiger charge is -2.45. The van der Waals surface area contributed by atoms with E-state index < -0.39 is 24.1 Å². The number of hydrogen-bond donors (Lipinski definition) is 2. The molecule has 3 aliphatic rings. The second kappa shape index (κ2) is 8.38. The van der Waals surface area contributed by atoms with Crippen molar-refractivity contribution >= 4 is 23.0 Å². The van der Waals surface area contributed by atoms with Gasteiger partial charge in [-0.2, -0.15) is 0 Å². The van der Waals surface area contributed by atoms with E-state index in [2.05, 4.69) is 33.7 Å². The van der Waals surface area contributed by atoms with Gasteiger partial charge < -0.3 is 25.1 Å². The lowest BCUT2D eigenvalue weighted by atomic mass is 9.76. The molecule has 0 aromatic carbocycles. The first-order chi connectivity index (χ1) is 16.1. The molecule has 3 N–H and O–H groups in total. The number of aromatic nitrogens is 4. The fourth-order valence-electron chi connectivity index (χ4n) is 5.18. The molecule has 0 amide bonds.